The Morgan fingerprint density at radius 2 is 1.86 bits per heavy atom. The van der Waals surface area contributed by atoms with E-state index in [-0.39, 0.29) is 16.7 Å². The summed E-state index contributed by atoms with van der Waals surface area (Å²) in [7, 11) is 0. The number of nitrogens with one attached hydrogen (secondary N) is 1. The van der Waals surface area contributed by atoms with E-state index in [4.69, 9.17) is 4.98 Å². The molecule has 6 heteroatoms. The first-order chi connectivity index (χ1) is 14.1. The number of fused-ring (bicyclic) bond motifs is 1. The molecule has 29 heavy (non-hydrogen) atoms. The van der Waals surface area contributed by atoms with Crippen molar-refractivity contribution in [2.24, 2.45) is 0 Å². The van der Waals surface area contributed by atoms with Crippen LogP contribution >= 0.6 is 11.8 Å². The molecule has 0 radical (unpaired) electrons. The van der Waals surface area contributed by atoms with Crippen molar-refractivity contribution in [2.45, 2.75) is 50.1 Å². The van der Waals surface area contributed by atoms with Crippen molar-refractivity contribution in [1.82, 2.24) is 14.9 Å². The average molecular weight is 410 g/mol. The number of amides is 1. The molecule has 152 valence electrons. The molecular weight excluding hydrogens is 382 g/mol. The van der Waals surface area contributed by atoms with Crippen LogP contribution in [0.4, 0.5) is 0 Å². The van der Waals surface area contributed by atoms with Crippen LogP contribution in [0.25, 0.3) is 10.9 Å². The van der Waals surface area contributed by atoms with E-state index in [0.717, 1.165) is 19.3 Å². The van der Waals surface area contributed by atoms with E-state index in [0.29, 0.717) is 29.1 Å². The van der Waals surface area contributed by atoms with Crippen LogP contribution in [0.3, 0.4) is 0 Å². The Hall–Kier alpha value is -2.60. The standard InChI is InChI=1S/C23H27N3O2S/c1-3-15-24-21(27)17(2)29-23-25-20-14-8-7-13-19(20)22(28)26(23)16-9-12-18-10-5-4-6-11-18/h4-8,10-11,13-14,17H,3,9,12,15-16H2,1-2H3,(H,24,27)/t17-/m0/s1. The normalized spacial score (nSPS) is 12.1. The van der Waals surface area contributed by atoms with Crippen LogP contribution in [0.15, 0.2) is 64.5 Å². The van der Waals surface area contributed by atoms with Gasteiger partial charge in [0.25, 0.3) is 5.56 Å². The number of nitrogens with zero attached hydrogens (tertiary/aromatic N) is 2. The molecule has 0 saturated heterocycles. The van der Waals surface area contributed by atoms with E-state index >= 15 is 0 Å². The van der Waals surface area contributed by atoms with Crippen molar-refractivity contribution in [3.05, 3.63) is 70.5 Å². The Kier molecular flexibility index (Phi) is 7.47. The van der Waals surface area contributed by atoms with E-state index in [1.165, 1.54) is 17.3 Å². The molecule has 3 rings (SSSR count). The summed E-state index contributed by atoms with van der Waals surface area (Å²) in [4.78, 5) is 30.2. The highest BCUT2D eigenvalue weighted by atomic mass is 32.2. The summed E-state index contributed by atoms with van der Waals surface area (Å²) in [5.41, 5.74) is 1.86. The van der Waals surface area contributed by atoms with Crippen molar-refractivity contribution < 1.29 is 4.79 Å². The van der Waals surface area contributed by atoms with Gasteiger partial charge in [-0.05, 0) is 43.9 Å². The first-order valence-electron chi connectivity index (χ1n) is 10.1. The Balaban J connectivity index is 1.84. The Bertz CT molecular complexity index is 1020. The minimum Gasteiger partial charge on any atom is -0.355 e. The average Bonchev–Trinajstić information content (AvgIpc) is 2.74. The lowest BCUT2D eigenvalue weighted by Crippen LogP contribution is -2.32. The summed E-state index contributed by atoms with van der Waals surface area (Å²) in [6.45, 7) is 5.09. The summed E-state index contributed by atoms with van der Waals surface area (Å²) < 4.78 is 1.72. The second-order valence-electron chi connectivity index (χ2n) is 7.01. The molecule has 0 bridgehead atoms. The van der Waals surface area contributed by atoms with Crippen LogP contribution in [0.1, 0.15) is 32.3 Å². The van der Waals surface area contributed by atoms with Gasteiger partial charge in [0.2, 0.25) is 5.91 Å². The number of benzene rings is 2. The molecule has 1 aromatic heterocycles. The summed E-state index contributed by atoms with van der Waals surface area (Å²) >= 11 is 1.34. The number of aryl methyl sites for hydroxylation is 1. The first-order valence-corrected chi connectivity index (χ1v) is 11.0. The third-order valence-corrected chi connectivity index (χ3v) is 5.81. The number of para-hydroxylation sites is 1. The number of hydrogen-bond donors (Lipinski definition) is 1. The monoisotopic (exact) mass is 409 g/mol. The van der Waals surface area contributed by atoms with E-state index in [1.807, 2.05) is 56.3 Å². The molecule has 5 nitrogen and oxygen atoms in total. The van der Waals surface area contributed by atoms with Crippen molar-refractivity contribution in [2.75, 3.05) is 6.54 Å². The molecule has 0 unspecified atom stereocenters. The topological polar surface area (TPSA) is 64.0 Å². The van der Waals surface area contributed by atoms with Crippen LogP contribution in [-0.2, 0) is 17.8 Å². The Morgan fingerprint density at radius 1 is 1.14 bits per heavy atom. The molecule has 0 aliphatic carbocycles. The van der Waals surface area contributed by atoms with Gasteiger partial charge in [0.05, 0.1) is 16.2 Å². The molecule has 0 aliphatic rings. The lowest BCUT2D eigenvalue weighted by molar-refractivity contribution is -0.120. The van der Waals surface area contributed by atoms with Gasteiger partial charge in [-0.3, -0.25) is 14.2 Å². The lowest BCUT2D eigenvalue weighted by Gasteiger charge is -2.16. The van der Waals surface area contributed by atoms with Crippen molar-refractivity contribution in [3.63, 3.8) is 0 Å². The maximum absolute atomic E-state index is 13.1. The van der Waals surface area contributed by atoms with E-state index in [9.17, 15) is 9.59 Å². The van der Waals surface area contributed by atoms with Crippen LogP contribution in [0.5, 0.6) is 0 Å². The van der Waals surface area contributed by atoms with Gasteiger partial charge in [-0.25, -0.2) is 4.98 Å². The molecule has 1 heterocycles. The molecule has 0 fully saturated rings. The van der Waals surface area contributed by atoms with E-state index < -0.39 is 0 Å². The zero-order valence-corrected chi connectivity index (χ0v) is 17.7. The summed E-state index contributed by atoms with van der Waals surface area (Å²) in [5, 5.41) is 3.80. The number of rotatable bonds is 9. The van der Waals surface area contributed by atoms with Gasteiger partial charge in [0.1, 0.15) is 0 Å². The predicted octanol–water partition coefficient (Wildman–Crippen LogP) is 4.04. The van der Waals surface area contributed by atoms with Crippen LogP contribution in [0.2, 0.25) is 0 Å². The molecular formula is C23H27N3O2S. The van der Waals surface area contributed by atoms with Gasteiger partial charge in [-0.2, -0.15) is 0 Å². The highest BCUT2D eigenvalue weighted by Gasteiger charge is 2.19. The summed E-state index contributed by atoms with van der Waals surface area (Å²) in [6, 6.07) is 17.6. The maximum Gasteiger partial charge on any atom is 0.262 e. The molecule has 2 aromatic carbocycles. The molecule has 0 aliphatic heterocycles. The van der Waals surface area contributed by atoms with Crippen LogP contribution < -0.4 is 10.9 Å². The van der Waals surface area contributed by atoms with Gasteiger partial charge >= 0.3 is 0 Å². The Labute approximate surface area is 175 Å². The van der Waals surface area contributed by atoms with Crippen molar-refractivity contribution in [3.8, 4) is 0 Å². The number of aromatic nitrogens is 2. The third kappa shape index (κ3) is 5.48. The van der Waals surface area contributed by atoms with Crippen molar-refractivity contribution >= 4 is 28.6 Å². The second-order valence-corrected chi connectivity index (χ2v) is 8.32. The maximum atomic E-state index is 13.1. The van der Waals surface area contributed by atoms with Gasteiger partial charge in [0.15, 0.2) is 5.16 Å². The molecule has 0 spiro atoms. The first kappa shape index (κ1) is 21.1. The van der Waals surface area contributed by atoms with E-state index in [1.54, 1.807) is 4.57 Å². The number of carbonyl (C=O) groups excluding carboxylic acids is 1. The third-order valence-electron chi connectivity index (χ3n) is 4.72. The zero-order valence-electron chi connectivity index (χ0n) is 16.9. The quantitative estimate of drug-likeness (QED) is 0.428. The summed E-state index contributed by atoms with van der Waals surface area (Å²) in [5.74, 6) is -0.0323. The number of thioether (sulfide) groups is 1. The Morgan fingerprint density at radius 3 is 2.62 bits per heavy atom. The predicted molar refractivity (Wildman–Crippen MR) is 119 cm³/mol. The van der Waals surface area contributed by atoms with E-state index in [2.05, 4.69) is 17.4 Å². The van der Waals surface area contributed by atoms with Crippen LogP contribution in [0, 0.1) is 0 Å². The smallest absolute Gasteiger partial charge is 0.262 e. The molecule has 1 N–H and O–H groups in total. The summed E-state index contributed by atoms with van der Waals surface area (Å²) in [6.07, 6.45) is 2.60. The van der Waals surface area contributed by atoms with Gasteiger partial charge in [-0.1, -0.05) is 61.2 Å². The SMILES string of the molecule is CCCNC(=O)[C@H](C)Sc1nc2ccccc2c(=O)n1CCCc1ccccc1. The largest absolute Gasteiger partial charge is 0.355 e. The highest BCUT2D eigenvalue weighted by Crippen LogP contribution is 2.23. The molecule has 1 atom stereocenters. The fraction of sp³-hybridized carbons (Fsp3) is 0.348. The number of carbonyl (C=O) groups is 1. The highest BCUT2D eigenvalue weighted by molar-refractivity contribution is 8.00. The minimum absolute atomic E-state index is 0.0323. The second kappa shape index (κ2) is 10.3. The molecule has 3 aromatic rings. The fourth-order valence-electron chi connectivity index (χ4n) is 3.12. The zero-order chi connectivity index (χ0) is 20.6. The van der Waals surface area contributed by atoms with Gasteiger partial charge in [-0.15, -0.1) is 0 Å². The number of hydrogen-bond acceptors (Lipinski definition) is 4. The van der Waals surface area contributed by atoms with Crippen LogP contribution in [-0.4, -0.2) is 27.3 Å². The fourth-order valence-corrected chi connectivity index (χ4v) is 4.08. The minimum atomic E-state index is -0.324. The van der Waals surface area contributed by atoms with Gasteiger partial charge in [0, 0.05) is 13.1 Å². The van der Waals surface area contributed by atoms with Gasteiger partial charge < -0.3 is 5.32 Å². The molecule has 0 saturated carbocycles. The lowest BCUT2D eigenvalue weighted by atomic mass is 10.1. The van der Waals surface area contributed by atoms with Crippen molar-refractivity contribution in [1.29, 1.82) is 0 Å². The molecule has 1 amide bonds.